The number of aryl methyl sites for hydroxylation is 1. The quantitative estimate of drug-likeness (QED) is 0.489. The fourth-order valence-electron chi connectivity index (χ4n) is 4.28. The molecule has 0 atom stereocenters. The number of benzene rings is 2. The predicted molar refractivity (Wildman–Crippen MR) is 143 cm³/mol. The topological polar surface area (TPSA) is 61.9 Å². The molecule has 1 aliphatic rings. The number of ether oxygens (including phenoxy) is 2. The van der Waals surface area contributed by atoms with Crippen molar-refractivity contribution in [3.8, 4) is 11.5 Å². The molecule has 4 rings (SSSR count). The summed E-state index contributed by atoms with van der Waals surface area (Å²) in [6.07, 6.45) is 0. The largest absolute Gasteiger partial charge is 0.497 e. The minimum Gasteiger partial charge on any atom is -0.497 e. The van der Waals surface area contributed by atoms with Gasteiger partial charge in [-0.15, -0.1) is 0 Å². The molecule has 0 bridgehead atoms. The molecular formula is C26H33N5O2S. The van der Waals surface area contributed by atoms with Crippen molar-refractivity contribution < 1.29 is 9.47 Å². The highest BCUT2D eigenvalue weighted by molar-refractivity contribution is 7.80. The van der Waals surface area contributed by atoms with Crippen molar-refractivity contribution in [3.63, 3.8) is 0 Å². The summed E-state index contributed by atoms with van der Waals surface area (Å²) in [6, 6.07) is 14.1. The van der Waals surface area contributed by atoms with Gasteiger partial charge in [0.2, 0.25) is 0 Å². The van der Waals surface area contributed by atoms with E-state index in [1.54, 1.807) is 14.2 Å². The van der Waals surface area contributed by atoms with Gasteiger partial charge in [0.1, 0.15) is 17.3 Å². The smallest absolute Gasteiger partial charge is 0.171 e. The number of piperazine rings is 1. The fourth-order valence-corrected chi connectivity index (χ4v) is 4.47. The molecule has 2 aromatic carbocycles. The molecule has 1 aliphatic heterocycles. The van der Waals surface area contributed by atoms with Crippen molar-refractivity contribution in [2.75, 3.05) is 57.2 Å². The van der Waals surface area contributed by atoms with Gasteiger partial charge in [0.05, 0.1) is 19.7 Å². The van der Waals surface area contributed by atoms with E-state index in [0.29, 0.717) is 11.7 Å². The average molecular weight is 480 g/mol. The Kier molecular flexibility index (Phi) is 7.70. The SMILES string of the molecule is CCN1CCN(c2cc(C)c3cc(NC(=S)NCc4cc(OC)ccc4OC)ccc3n2)CC1. The van der Waals surface area contributed by atoms with Crippen LogP contribution in [0.25, 0.3) is 10.9 Å². The van der Waals surface area contributed by atoms with E-state index in [2.05, 4.69) is 52.5 Å². The lowest BCUT2D eigenvalue weighted by molar-refractivity contribution is 0.270. The first-order valence-corrected chi connectivity index (χ1v) is 12.1. The van der Waals surface area contributed by atoms with Crippen LogP contribution in [-0.4, -0.2) is 61.9 Å². The summed E-state index contributed by atoms with van der Waals surface area (Å²) >= 11 is 5.54. The molecule has 1 saturated heterocycles. The van der Waals surface area contributed by atoms with Crippen LogP contribution < -0.4 is 25.0 Å². The fraction of sp³-hybridized carbons (Fsp3) is 0.385. The maximum Gasteiger partial charge on any atom is 0.171 e. The van der Waals surface area contributed by atoms with Gasteiger partial charge in [-0.25, -0.2) is 4.98 Å². The molecule has 8 heteroatoms. The van der Waals surface area contributed by atoms with Gasteiger partial charge in [0.15, 0.2) is 5.11 Å². The second-order valence-corrected chi connectivity index (χ2v) is 8.84. The normalized spacial score (nSPS) is 14.2. The molecule has 0 saturated carbocycles. The molecule has 180 valence electrons. The summed E-state index contributed by atoms with van der Waals surface area (Å²) in [4.78, 5) is 9.81. The molecule has 0 spiro atoms. The third-order valence-corrected chi connectivity index (χ3v) is 6.58. The summed E-state index contributed by atoms with van der Waals surface area (Å²) in [6.45, 7) is 10.2. The zero-order valence-corrected chi connectivity index (χ0v) is 21.2. The van der Waals surface area contributed by atoms with Crippen LogP contribution in [0.3, 0.4) is 0 Å². The molecular weight excluding hydrogens is 446 g/mol. The van der Waals surface area contributed by atoms with Crippen molar-refractivity contribution >= 4 is 39.7 Å². The van der Waals surface area contributed by atoms with Gasteiger partial charge < -0.3 is 29.9 Å². The second-order valence-electron chi connectivity index (χ2n) is 8.44. The monoisotopic (exact) mass is 479 g/mol. The molecule has 0 radical (unpaired) electrons. The number of likely N-dealkylation sites (N-methyl/N-ethyl adjacent to an activating group) is 1. The molecule has 2 N–H and O–H groups in total. The molecule has 3 aromatic rings. The number of fused-ring (bicyclic) bond motifs is 1. The van der Waals surface area contributed by atoms with Crippen LogP contribution in [0.2, 0.25) is 0 Å². The maximum absolute atomic E-state index is 5.54. The minimum absolute atomic E-state index is 0.523. The van der Waals surface area contributed by atoms with E-state index in [1.165, 1.54) is 5.56 Å². The van der Waals surface area contributed by atoms with E-state index in [-0.39, 0.29) is 0 Å². The second kappa shape index (κ2) is 10.9. The number of anilines is 2. The van der Waals surface area contributed by atoms with E-state index >= 15 is 0 Å². The van der Waals surface area contributed by atoms with E-state index in [0.717, 1.165) is 72.2 Å². The first kappa shape index (κ1) is 24.0. The maximum atomic E-state index is 5.54. The number of rotatable bonds is 7. The first-order chi connectivity index (χ1) is 16.5. The predicted octanol–water partition coefficient (Wildman–Crippen LogP) is 4.19. The van der Waals surface area contributed by atoms with Gasteiger partial charge in [-0.3, -0.25) is 0 Å². The molecule has 7 nitrogen and oxygen atoms in total. The summed E-state index contributed by atoms with van der Waals surface area (Å²) in [5, 5.41) is 8.21. The number of thiocarbonyl (C=S) groups is 1. The van der Waals surface area contributed by atoms with Gasteiger partial charge in [-0.2, -0.15) is 0 Å². The summed E-state index contributed by atoms with van der Waals surface area (Å²) in [5.74, 6) is 2.63. The van der Waals surface area contributed by atoms with Crippen LogP contribution in [0.5, 0.6) is 11.5 Å². The zero-order chi connectivity index (χ0) is 24.1. The molecule has 34 heavy (non-hydrogen) atoms. The van der Waals surface area contributed by atoms with Crippen LogP contribution in [0.1, 0.15) is 18.1 Å². The van der Waals surface area contributed by atoms with Gasteiger partial charge in [-0.05, 0) is 73.7 Å². The Morgan fingerprint density at radius 1 is 1.03 bits per heavy atom. The average Bonchev–Trinajstić information content (AvgIpc) is 2.87. The lowest BCUT2D eigenvalue weighted by Gasteiger charge is -2.35. The molecule has 0 aliphatic carbocycles. The Hall–Kier alpha value is -3.10. The van der Waals surface area contributed by atoms with Gasteiger partial charge in [0, 0.05) is 49.4 Å². The number of methoxy groups -OCH3 is 2. The third-order valence-electron chi connectivity index (χ3n) is 6.33. The zero-order valence-electron chi connectivity index (χ0n) is 20.4. The summed E-state index contributed by atoms with van der Waals surface area (Å²) < 4.78 is 10.8. The van der Waals surface area contributed by atoms with Crippen LogP contribution in [-0.2, 0) is 6.54 Å². The molecule has 0 unspecified atom stereocenters. The highest BCUT2D eigenvalue weighted by Gasteiger charge is 2.18. The Morgan fingerprint density at radius 3 is 2.53 bits per heavy atom. The number of hydrogen-bond acceptors (Lipinski definition) is 6. The van der Waals surface area contributed by atoms with Crippen molar-refractivity contribution in [2.24, 2.45) is 0 Å². The van der Waals surface area contributed by atoms with Crippen LogP contribution >= 0.6 is 12.2 Å². The van der Waals surface area contributed by atoms with Gasteiger partial charge >= 0.3 is 0 Å². The molecule has 0 amide bonds. The van der Waals surface area contributed by atoms with E-state index in [4.69, 9.17) is 26.7 Å². The van der Waals surface area contributed by atoms with Gasteiger partial charge in [0.25, 0.3) is 0 Å². The van der Waals surface area contributed by atoms with E-state index < -0.39 is 0 Å². The molecule has 1 aromatic heterocycles. The van der Waals surface area contributed by atoms with Crippen molar-refractivity contribution in [1.29, 1.82) is 0 Å². The lowest BCUT2D eigenvalue weighted by atomic mass is 10.1. The first-order valence-electron chi connectivity index (χ1n) is 11.6. The highest BCUT2D eigenvalue weighted by Crippen LogP contribution is 2.26. The Bertz CT molecular complexity index is 1160. The standard InChI is InChI=1S/C26H33N5O2S/c1-5-30-10-12-31(13-11-30)25-14-18(2)22-16-20(6-8-23(22)29-25)28-26(34)27-17-19-15-21(32-3)7-9-24(19)33-4/h6-9,14-16H,5,10-13,17H2,1-4H3,(H2,27,28,34). The molecule has 2 heterocycles. The van der Waals surface area contributed by atoms with Crippen molar-refractivity contribution in [3.05, 3.63) is 53.6 Å². The van der Waals surface area contributed by atoms with E-state index in [9.17, 15) is 0 Å². The number of pyridine rings is 1. The van der Waals surface area contributed by atoms with E-state index in [1.807, 2.05) is 24.3 Å². The lowest BCUT2D eigenvalue weighted by Crippen LogP contribution is -2.46. The van der Waals surface area contributed by atoms with Crippen molar-refractivity contribution in [2.45, 2.75) is 20.4 Å². The van der Waals surface area contributed by atoms with Crippen LogP contribution in [0.15, 0.2) is 42.5 Å². The Balaban J connectivity index is 1.43. The number of nitrogens with one attached hydrogen (secondary N) is 2. The molecule has 1 fully saturated rings. The number of hydrogen-bond donors (Lipinski definition) is 2. The van der Waals surface area contributed by atoms with Gasteiger partial charge in [-0.1, -0.05) is 6.92 Å². The third kappa shape index (κ3) is 5.51. The van der Waals surface area contributed by atoms with Crippen LogP contribution in [0, 0.1) is 6.92 Å². The Labute approximate surface area is 207 Å². The van der Waals surface area contributed by atoms with Crippen molar-refractivity contribution in [1.82, 2.24) is 15.2 Å². The Morgan fingerprint density at radius 2 is 1.82 bits per heavy atom. The number of aromatic nitrogens is 1. The summed E-state index contributed by atoms with van der Waals surface area (Å²) in [5.41, 5.74) is 4.11. The summed E-state index contributed by atoms with van der Waals surface area (Å²) in [7, 11) is 3.31. The number of nitrogens with zero attached hydrogens (tertiary/aromatic N) is 3. The minimum atomic E-state index is 0.523. The highest BCUT2D eigenvalue weighted by atomic mass is 32.1. The van der Waals surface area contributed by atoms with Crippen LogP contribution in [0.4, 0.5) is 11.5 Å².